The lowest BCUT2D eigenvalue weighted by Gasteiger charge is -2.27. The Bertz CT molecular complexity index is 974. The van der Waals surface area contributed by atoms with Gasteiger partial charge in [-0.3, -0.25) is 4.90 Å². The van der Waals surface area contributed by atoms with Crippen LogP contribution in [-0.4, -0.2) is 48.0 Å². The minimum atomic E-state index is -4.73. The fraction of sp³-hybridized carbons (Fsp3) is 0.480. The molecule has 2 aromatic carbocycles. The van der Waals surface area contributed by atoms with E-state index in [2.05, 4.69) is 15.5 Å². The van der Waals surface area contributed by atoms with E-state index < -0.39 is 11.8 Å². The number of urea groups is 1. The van der Waals surface area contributed by atoms with Gasteiger partial charge in [-0.2, -0.15) is 13.2 Å². The molecule has 1 heterocycles. The molecule has 1 saturated heterocycles. The molecule has 2 unspecified atom stereocenters. The largest absolute Gasteiger partial charge is 0.489 e. The molecule has 0 radical (unpaired) electrons. The van der Waals surface area contributed by atoms with Crippen LogP contribution in [0.5, 0.6) is 5.75 Å². The molecule has 2 fully saturated rings. The van der Waals surface area contributed by atoms with Crippen LogP contribution in [0.25, 0.3) is 0 Å². The smallest absolute Gasteiger partial charge is 0.421 e. The number of ether oxygens (including phenoxy) is 1. The summed E-state index contributed by atoms with van der Waals surface area (Å²) in [6.45, 7) is 3.58. The molecule has 1 aliphatic carbocycles. The van der Waals surface area contributed by atoms with E-state index in [0.717, 1.165) is 31.2 Å². The molecule has 0 bridgehead atoms. The minimum Gasteiger partial charge on any atom is -0.489 e. The summed E-state index contributed by atoms with van der Waals surface area (Å²) in [6, 6.07) is 12.9. The Morgan fingerprint density at radius 3 is 2.38 bits per heavy atom. The van der Waals surface area contributed by atoms with Crippen molar-refractivity contribution in [3.63, 3.8) is 0 Å². The first-order valence-corrected chi connectivity index (χ1v) is 11.5. The van der Waals surface area contributed by atoms with E-state index in [1.54, 1.807) is 24.3 Å². The Kier molecular flexibility index (Phi) is 7.04. The van der Waals surface area contributed by atoms with Gasteiger partial charge in [-0.15, -0.1) is 0 Å². The molecule has 2 aliphatic rings. The van der Waals surface area contributed by atoms with Crippen LogP contribution in [0.1, 0.15) is 37.3 Å². The van der Waals surface area contributed by atoms with E-state index in [4.69, 9.17) is 4.74 Å². The van der Waals surface area contributed by atoms with Gasteiger partial charge >= 0.3 is 12.2 Å². The molecule has 6 nitrogen and oxygen atoms in total. The Morgan fingerprint density at radius 1 is 1.09 bits per heavy atom. The quantitative estimate of drug-likeness (QED) is 0.518. The fourth-order valence-corrected chi connectivity index (χ4v) is 3.94. The second-order valence-electron chi connectivity index (χ2n) is 9.33. The molecule has 34 heavy (non-hydrogen) atoms. The predicted molar refractivity (Wildman–Crippen MR) is 123 cm³/mol. The second kappa shape index (κ2) is 9.84. The van der Waals surface area contributed by atoms with Crippen LogP contribution >= 0.6 is 0 Å². The van der Waals surface area contributed by atoms with Crippen LogP contribution < -0.4 is 15.4 Å². The number of amides is 2. The number of halogens is 3. The van der Waals surface area contributed by atoms with Crippen molar-refractivity contribution in [2.24, 2.45) is 5.92 Å². The van der Waals surface area contributed by atoms with Crippen molar-refractivity contribution in [2.75, 3.05) is 25.0 Å². The number of anilines is 1. The minimum absolute atomic E-state index is 0.00545. The number of likely N-dealkylation sites (tertiary alicyclic amines) is 1. The SMILES string of the molecule is CC(O)(c1ccc(CN2CCC(Oc3ccc(NC(=O)NCC4CC4)cc3)C2)cc1)C(F)(F)F. The van der Waals surface area contributed by atoms with Crippen molar-refractivity contribution in [2.45, 2.75) is 50.6 Å². The van der Waals surface area contributed by atoms with Crippen LogP contribution in [0, 0.1) is 5.92 Å². The van der Waals surface area contributed by atoms with Crippen LogP contribution in [0.2, 0.25) is 0 Å². The van der Waals surface area contributed by atoms with Crippen molar-refractivity contribution in [3.05, 3.63) is 59.7 Å². The van der Waals surface area contributed by atoms with E-state index in [9.17, 15) is 23.1 Å². The highest BCUT2D eigenvalue weighted by molar-refractivity contribution is 5.89. The first kappa shape index (κ1) is 24.3. The molecule has 0 spiro atoms. The van der Waals surface area contributed by atoms with Crippen LogP contribution in [0.15, 0.2) is 48.5 Å². The van der Waals surface area contributed by atoms with Gasteiger partial charge in [0.15, 0.2) is 5.60 Å². The number of rotatable bonds is 8. The highest BCUT2D eigenvalue weighted by atomic mass is 19.4. The molecule has 3 N–H and O–H groups in total. The number of hydrogen-bond donors (Lipinski definition) is 3. The monoisotopic (exact) mass is 477 g/mol. The molecular weight excluding hydrogens is 447 g/mol. The summed E-state index contributed by atoms with van der Waals surface area (Å²) in [5.74, 6) is 1.34. The zero-order chi connectivity index (χ0) is 24.3. The predicted octanol–water partition coefficient (Wildman–Crippen LogP) is 4.64. The number of benzene rings is 2. The lowest BCUT2D eigenvalue weighted by atomic mass is 9.94. The average Bonchev–Trinajstić information content (AvgIpc) is 3.52. The van der Waals surface area contributed by atoms with Crippen LogP contribution in [-0.2, 0) is 12.1 Å². The zero-order valence-corrected chi connectivity index (χ0v) is 19.1. The zero-order valence-electron chi connectivity index (χ0n) is 19.1. The Morgan fingerprint density at radius 2 is 1.76 bits per heavy atom. The summed E-state index contributed by atoms with van der Waals surface area (Å²) in [4.78, 5) is 14.1. The standard InChI is InChI=1S/C25H30F3N3O3/c1-24(33,25(26,27)28)19-6-4-18(5-7-19)15-31-13-12-22(16-31)34-21-10-8-20(9-11-21)30-23(32)29-14-17-2-3-17/h4-11,17,22,33H,2-3,12-16H2,1H3,(H2,29,30,32). The fourth-order valence-electron chi connectivity index (χ4n) is 3.94. The number of hydrogen-bond acceptors (Lipinski definition) is 4. The topological polar surface area (TPSA) is 73.8 Å². The molecule has 4 rings (SSSR count). The summed E-state index contributed by atoms with van der Waals surface area (Å²) in [7, 11) is 0. The van der Waals surface area contributed by atoms with E-state index in [1.165, 1.54) is 25.0 Å². The summed E-state index contributed by atoms with van der Waals surface area (Å²) in [6.07, 6.45) is -1.52. The molecule has 1 saturated carbocycles. The second-order valence-corrected chi connectivity index (χ2v) is 9.33. The number of aliphatic hydroxyl groups is 1. The van der Waals surface area contributed by atoms with Gasteiger partial charge in [-0.25, -0.2) is 4.79 Å². The van der Waals surface area contributed by atoms with Gasteiger partial charge in [0, 0.05) is 31.9 Å². The van der Waals surface area contributed by atoms with Crippen molar-refractivity contribution in [1.29, 1.82) is 0 Å². The van der Waals surface area contributed by atoms with Gasteiger partial charge in [0.05, 0.1) is 0 Å². The van der Waals surface area contributed by atoms with Crippen LogP contribution in [0.4, 0.5) is 23.7 Å². The van der Waals surface area contributed by atoms with Crippen molar-refractivity contribution in [3.8, 4) is 5.75 Å². The molecular formula is C25H30F3N3O3. The number of carbonyl (C=O) groups excluding carboxylic acids is 1. The Hall–Kier alpha value is -2.78. The average molecular weight is 478 g/mol. The Balaban J connectivity index is 1.23. The normalized spacial score (nSPS) is 20.6. The molecule has 9 heteroatoms. The van der Waals surface area contributed by atoms with E-state index in [-0.39, 0.29) is 17.7 Å². The van der Waals surface area contributed by atoms with Gasteiger partial charge < -0.3 is 20.5 Å². The maximum absolute atomic E-state index is 13.0. The third-order valence-corrected chi connectivity index (χ3v) is 6.37. The van der Waals surface area contributed by atoms with Gasteiger partial charge in [-0.05, 0) is 67.5 Å². The van der Waals surface area contributed by atoms with Gasteiger partial charge in [0.25, 0.3) is 0 Å². The number of carbonyl (C=O) groups is 1. The molecule has 0 aromatic heterocycles. The highest BCUT2D eigenvalue weighted by Gasteiger charge is 2.51. The van der Waals surface area contributed by atoms with E-state index in [1.807, 2.05) is 12.1 Å². The third-order valence-electron chi connectivity index (χ3n) is 6.37. The molecule has 184 valence electrons. The van der Waals surface area contributed by atoms with Crippen molar-refractivity contribution < 1.29 is 27.8 Å². The molecule has 1 aliphatic heterocycles. The van der Waals surface area contributed by atoms with Gasteiger partial charge in [-0.1, -0.05) is 24.3 Å². The third kappa shape index (κ3) is 6.21. The molecule has 2 aromatic rings. The summed E-state index contributed by atoms with van der Waals surface area (Å²) >= 11 is 0. The van der Waals surface area contributed by atoms with Gasteiger partial charge in [0.1, 0.15) is 11.9 Å². The van der Waals surface area contributed by atoms with E-state index >= 15 is 0 Å². The van der Waals surface area contributed by atoms with Crippen molar-refractivity contribution in [1.82, 2.24) is 10.2 Å². The Labute approximate surface area is 197 Å². The summed E-state index contributed by atoms with van der Waals surface area (Å²) in [5.41, 5.74) is -1.48. The summed E-state index contributed by atoms with van der Waals surface area (Å²) < 4.78 is 45.1. The molecule has 2 amide bonds. The summed E-state index contributed by atoms with van der Waals surface area (Å²) in [5, 5.41) is 15.5. The lowest BCUT2D eigenvalue weighted by Crippen LogP contribution is -2.39. The number of nitrogens with one attached hydrogen (secondary N) is 2. The number of alkyl halides is 3. The van der Waals surface area contributed by atoms with Gasteiger partial charge in [0.2, 0.25) is 0 Å². The lowest BCUT2D eigenvalue weighted by molar-refractivity contribution is -0.258. The van der Waals surface area contributed by atoms with Crippen LogP contribution in [0.3, 0.4) is 0 Å². The van der Waals surface area contributed by atoms with Crippen molar-refractivity contribution >= 4 is 11.7 Å². The molecule has 2 atom stereocenters. The highest BCUT2D eigenvalue weighted by Crippen LogP contribution is 2.38. The number of nitrogens with zero attached hydrogens (tertiary/aromatic N) is 1. The maximum Gasteiger partial charge on any atom is 0.421 e. The maximum atomic E-state index is 13.0. The first-order chi connectivity index (χ1) is 16.1. The first-order valence-electron chi connectivity index (χ1n) is 11.5. The van der Waals surface area contributed by atoms with E-state index in [0.29, 0.717) is 31.2 Å².